The standard InChI is InChI=1S/C30H30ClFN4O4S/c1-41(38,19-37)12-11-33-16-24-7-10-28(40-24)21-5-8-27-25(14-21)30(35-18-34-27)36-23-6-9-29(26(31)15-23)39-17-20-3-2-4-22(32)13-20/h2-10,13-15,18,33,37,41H,11-12,16-17,19H2,1H3,(H,34,35,36). The molecule has 2 heterocycles. The second kappa shape index (κ2) is 12.8. The number of rotatable bonds is 12. The second-order valence-corrected chi connectivity index (χ2v) is 13.5. The summed E-state index contributed by atoms with van der Waals surface area (Å²) in [5.74, 6) is 2.34. The predicted octanol–water partition coefficient (Wildman–Crippen LogP) is 5.69. The summed E-state index contributed by atoms with van der Waals surface area (Å²) in [6, 6.07) is 21.1. The number of aliphatic hydroxyl groups excluding tert-OH is 1. The molecule has 3 N–H and O–H groups in total. The molecule has 0 bridgehead atoms. The summed E-state index contributed by atoms with van der Waals surface area (Å²) in [5.41, 5.74) is 3.04. The van der Waals surface area contributed by atoms with Gasteiger partial charge in [0.2, 0.25) is 0 Å². The molecule has 0 atom stereocenters. The van der Waals surface area contributed by atoms with E-state index in [9.17, 15) is 8.60 Å². The molecule has 11 heteroatoms. The first-order valence-electron chi connectivity index (χ1n) is 12.9. The fourth-order valence-corrected chi connectivity index (χ4v) is 5.16. The molecule has 0 saturated heterocycles. The lowest BCUT2D eigenvalue weighted by atomic mass is 10.1. The van der Waals surface area contributed by atoms with Gasteiger partial charge in [-0.1, -0.05) is 33.7 Å². The van der Waals surface area contributed by atoms with E-state index >= 15 is 0 Å². The van der Waals surface area contributed by atoms with E-state index in [-0.39, 0.29) is 18.4 Å². The van der Waals surface area contributed by atoms with Crippen LogP contribution in [0.2, 0.25) is 5.02 Å². The lowest BCUT2D eigenvalue weighted by Crippen LogP contribution is -2.28. The number of thiol groups is 1. The van der Waals surface area contributed by atoms with Crippen LogP contribution in [0.25, 0.3) is 22.2 Å². The molecule has 5 rings (SSSR count). The van der Waals surface area contributed by atoms with Crippen molar-refractivity contribution in [2.45, 2.75) is 13.2 Å². The summed E-state index contributed by atoms with van der Waals surface area (Å²) < 4.78 is 37.3. The molecule has 0 saturated carbocycles. The van der Waals surface area contributed by atoms with Crippen molar-refractivity contribution in [3.63, 3.8) is 0 Å². The van der Waals surface area contributed by atoms with Crippen molar-refractivity contribution < 1.29 is 22.9 Å². The van der Waals surface area contributed by atoms with Gasteiger partial charge in [-0.2, -0.15) is 0 Å². The van der Waals surface area contributed by atoms with Crippen molar-refractivity contribution in [1.29, 1.82) is 0 Å². The Morgan fingerprint density at radius 1 is 1.07 bits per heavy atom. The largest absolute Gasteiger partial charge is 0.487 e. The Balaban J connectivity index is 1.27. The summed E-state index contributed by atoms with van der Waals surface area (Å²) in [4.78, 5) is 8.83. The van der Waals surface area contributed by atoms with Crippen LogP contribution in [0.15, 0.2) is 83.5 Å². The number of ether oxygens (including phenoxy) is 1. The Morgan fingerprint density at radius 3 is 2.76 bits per heavy atom. The van der Waals surface area contributed by atoms with E-state index in [0.29, 0.717) is 52.4 Å². The highest BCUT2D eigenvalue weighted by molar-refractivity contribution is 8.02. The maximum Gasteiger partial charge on any atom is 0.141 e. The van der Waals surface area contributed by atoms with Crippen LogP contribution < -0.4 is 15.4 Å². The zero-order chi connectivity index (χ0) is 28.8. The number of halogens is 2. The molecule has 0 aliphatic carbocycles. The molecule has 0 aliphatic heterocycles. The summed E-state index contributed by atoms with van der Waals surface area (Å²) in [6.07, 6.45) is 3.09. The smallest absolute Gasteiger partial charge is 0.141 e. The summed E-state index contributed by atoms with van der Waals surface area (Å²) in [5, 5.41) is 16.9. The minimum Gasteiger partial charge on any atom is -0.487 e. The summed E-state index contributed by atoms with van der Waals surface area (Å²) in [7, 11) is -2.49. The Morgan fingerprint density at radius 2 is 1.95 bits per heavy atom. The van der Waals surface area contributed by atoms with Crippen LogP contribution >= 0.6 is 11.6 Å². The van der Waals surface area contributed by atoms with Crippen molar-refractivity contribution in [2.24, 2.45) is 0 Å². The average Bonchev–Trinajstić information content (AvgIpc) is 3.44. The number of benzene rings is 3. The molecule has 214 valence electrons. The topological polar surface area (TPSA) is 110 Å². The van der Waals surface area contributed by atoms with Crippen LogP contribution in [0.5, 0.6) is 5.75 Å². The number of furan rings is 1. The predicted molar refractivity (Wildman–Crippen MR) is 162 cm³/mol. The molecule has 0 amide bonds. The van der Waals surface area contributed by atoms with E-state index in [4.69, 9.17) is 25.9 Å². The zero-order valence-electron chi connectivity index (χ0n) is 22.3. The quantitative estimate of drug-likeness (QED) is 0.107. The Hall–Kier alpha value is -3.83. The molecule has 41 heavy (non-hydrogen) atoms. The number of hydrogen-bond acceptors (Lipinski definition) is 8. The molecular weight excluding hydrogens is 567 g/mol. The van der Waals surface area contributed by atoms with Gasteiger partial charge in [0.05, 0.1) is 23.0 Å². The van der Waals surface area contributed by atoms with Gasteiger partial charge in [-0.3, -0.25) is 4.21 Å². The Kier molecular flexibility index (Phi) is 8.94. The number of nitrogens with zero attached hydrogens (tertiary/aromatic N) is 2. The number of aromatic nitrogens is 2. The Bertz CT molecular complexity index is 1710. The van der Waals surface area contributed by atoms with Gasteiger partial charge < -0.3 is 24.9 Å². The maximum absolute atomic E-state index is 13.4. The van der Waals surface area contributed by atoms with Crippen LogP contribution in [0, 0.1) is 5.82 Å². The van der Waals surface area contributed by atoms with Crippen molar-refractivity contribution in [2.75, 3.05) is 29.8 Å². The first kappa shape index (κ1) is 28.7. The van der Waals surface area contributed by atoms with Crippen LogP contribution in [0.3, 0.4) is 0 Å². The van der Waals surface area contributed by atoms with Crippen molar-refractivity contribution >= 4 is 43.9 Å². The molecule has 0 fully saturated rings. The molecule has 0 radical (unpaired) electrons. The van der Waals surface area contributed by atoms with E-state index in [1.165, 1.54) is 18.5 Å². The van der Waals surface area contributed by atoms with Gasteiger partial charge in [0.25, 0.3) is 0 Å². The second-order valence-electron chi connectivity index (χ2n) is 9.75. The van der Waals surface area contributed by atoms with Crippen molar-refractivity contribution in [3.05, 3.63) is 101 Å². The SMILES string of the molecule is C[SH](=O)(CO)CCNCc1ccc(-c2ccc3ncnc(Nc4ccc(OCc5cccc(F)c5)c(Cl)c4)c3c2)o1. The normalized spacial score (nSPS) is 12.0. The third-order valence-corrected chi connectivity index (χ3v) is 8.48. The van der Waals surface area contributed by atoms with Gasteiger partial charge in [-0.05, 0) is 72.5 Å². The van der Waals surface area contributed by atoms with E-state index in [2.05, 4.69) is 20.6 Å². The fourth-order valence-electron chi connectivity index (χ4n) is 4.16. The van der Waals surface area contributed by atoms with E-state index < -0.39 is 9.93 Å². The van der Waals surface area contributed by atoms with Crippen LogP contribution in [0.1, 0.15) is 11.3 Å². The molecular formula is C30H30ClFN4O4S. The van der Waals surface area contributed by atoms with Gasteiger partial charge in [0, 0.05) is 28.9 Å². The average molecular weight is 597 g/mol. The van der Waals surface area contributed by atoms with E-state index in [1.54, 1.807) is 30.5 Å². The zero-order valence-corrected chi connectivity index (χ0v) is 24.0. The highest BCUT2D eigenvalue weighted by atomic mass is 35.5. The highest BCUT2D eigenvalue weighted by Gasteiger charge is 2.12. The van der Waals surface area contributed by atoms with Crippen molar-refractivity contribution in [1.82, 2.24) is 15.3 Å². The number of hydrogen-bond donors (Lipinski definition) is 4. The first-order chi connectivity index (χ1) is 19.8. The lowest BCUT2D eigenvalue weighted by molar-refractivity contribution is 0.306. The van der Waals surface area contributed by atoms with Gasteiger partial charge in [0.15, 0.2) is 0 Å². The molecule has 8 nitrogen and oxygen atoms in total. The number of fused-ring (bicyclic) bond motifs is 1. The van der Waals surface area contributed by atoms with Gasteiger partial charge in [0.1, 0.15) is 41.8 Å². The molecule has 0 aliphatic rings. The van der Waals surface area contributed by atoms with Crippen LogP contribution in [0.4, 0.5) is 15.9 Å². The molecule has 0 unspecified atom stereocenters. The van der Waals surface area contributed by atoms with E-state index in [1.807, 2.05) is 36.4 Å². The third kappa shape index (κ3) is 7.47. The molecule has 5 aromatic rings. The fraction of sp³-hybridized carbons (Fsp3) is 0.200. The van der Waals surface area contributed by atoms with Gasteiger partial charge >= 0.3 is 0 Å². The highest BCUT2D eigenvalue weighted by Crippen LogP contribution is 2.32. The Labute approximate surface area is 243 Å². The van der Waals surface area contributed by atoms with E-state index in [0.717, 1.165) is 22.2 Å². The number of aliphatic hydroxyl groups is 1. The summed E-state index contributed by atoms with van der Waals surface area (Å²) in [6.45, 7) is 1.20. The molecule has 3 aromatic carbocycles. The molecule has 2 aromatic heterocycles. The number of nitrogens with one attached hydrogen (secondary N) is 2. The first-order valence-corrected chi connectivity index (χ1v) is 15.8. The van der Waals surface area contributed by atoms with Crippen LogP contribution in [-0.2, 0) is 23.1 Å². The van der Waals surface area contributed by atoms with Crippen molar-refractivity contribution in [3.8, 4) is 17.1 Å². The third-order valence-electron chi connectivity index (χ3n) is 6.42. The number of anilines is 2. The lowest BCUT2D eigenvalue weighted by Gasteiger charge is -2.14. The van der Waals surface area contributed by atoms with Gasteiger partial charge in [-0.15, -0.1) is 0 Å². The molecule has 0 spiro atoms. The van der Waals surface area contributed by atoms with Gasteiger partial charge in [-0.25, -0.2) is 14.4 Å². The monoisotopic (exact) mass is 596 g/mol. The summed E-state index contributed by atoms with van der Waals surface area (Å²) >= 11 is 6.48. The minimum atomic E-state index is -2.49. The minimum absolute atomic E-state index is 0.193. The van der Waals surface area contributed by atoms with Crippen LogP contribution in [-0.4, -0.2) is 43.8 Å². The maximum atomic E-state index is 13.4.